The number of anilines is 1. The van der Waals surface area contributed by atoms with Crippen molar-refractivity contribution in [3.05, 3.63) is 70.7 Å². The summed E-state index contributed by atoms with van der Waals surface area (Å²) in [5.74, 6) is 0.801. The van der Waals surface area contributed by atoms with Crippen molar-refractivity contribution < 1.29 is 14.3 Å². The first-order valence-electron chi connectivity index (χ1n) is 9.15. The van der Waals surface area contributed by atoms with Crippen molar-refractivity contribution in [2.24, 2.45) is 0 Å². The van der Waals surface area contributed by atoms with E-state index in [-0.39, 0.29) is 5.91 Å². The number of aromatic nitrogens is 3. The summed E-state index contributed by atoms with van der Waals surface area (Å²) in [6.07, 6.45) is 0. The molecular weight excluding hydrogens is 404 g/mol. The highest BCUT2D eigenvalue weighted by Gasteiger charge is 2.14. The van der Waals surface area contributed by atoms with Crippen LogP contribution in [0.5, 0.6) is 11.5 Å². The van der Waals surface area contributed by atoms with Gasteiger partial charge >= 0.3 is 0 Å². The fourth-order valence-corrected chi connectivity index (χ4v) is 3.15. The molecule has 0 aliphatic carbocycles. The molecule has 1 heterocycles. The van der Waals surface area contributed by atoms with Crippen LogP contribution in [0.2, 0.25) is 5.02 Å². The number of nitrogens with one attached hydrogen (secondary N) is 1. The van der Waals surface area contributed by atoms with Crippen LogP contribution in [0.3, 0.4) is 0 Å². The Balaban J connectivity index is 1.65. The van der Waals surface area contributed by atoms with E-state index in [1.165, 1.54) is 0 Å². The first-order chi connectivity index (χ1) is 14.5. The number of hydrogen-bond acceptors (Lipinski definition) is 5. The molecule has 4 aromatic rings. The molecule has 30 heavy (non-hydrogen) atoms. The molecule has 0 atom stereocenters. The van der Waals surface area contributed by atoms with Crippen LogP contribution >= 0.6 is 11.6 Å². The summed E-state index contributed by atoms with van der Waals surface area (Å²) in [4.78, 5) is 14.4. The van der Waals surface area contributed by atoms with Crippen LogP contribution in [0.1, 0.15) is 15.9 Å². The maximum atomic E-state index is 12.8. The number of fused-ring (bicyclic) bond motifs is 1. The molecule has 3 aromatic carbocycles. The predicted molar refractivity (Wildman–Crippen MR) is 116 cm³/mol. The molecule has 8 heteroatoms. The van der Waals surface area contributed by atoms with Crippen LogP contribution in [0.15, 0.2) is 54.6 Å². The van der Waals surface area contributed by atoms with E-state index < -0.39 is 0 Å². The quantitative estimate of drug-likeness (QED) is 0.506. The number of amides is 1. The Kier molecular flexibility index (Phi) is 5.29. The molecule has 1 amide bonds. The highest BCUT2D eigenvalue weighted by atomic mass is 35.5. The van der Waals surface area contributed by atoms with Crippen LogP contribution < -0.4 is 14.8 Å². The molecule has 0 fully saturated rings. The largest absolute Gasteiger partial charge is 0.497 e. The van der Waals surface area contributed by atoms with Gasteiger partial charge in [0.25, 0.3) is 5.91 Å². The van der Waals surface area contributed by atoms with E-state index in [9.17, 15) is 4.79 Å². The maximum Gasteiger partial charge on any atom is 0.255 e. The minimum absolute atomic E-state index is 0.278. The maximum absolute atomic E-state index is 12.8. The monoisotopic (exact) mass is 422 g/mol. The van der Waals surface area contributed by atoms with E-state index in [0.29, 0.717) is 33.3 Å². The molecule has 0 spiro atoms. The summed E-state index contributed by atoms with van der Waals surface area (Å²) in [6.45, 7) is 1.91. The summed E-state index contributed by atoms with van der Waals surface area (Å²) in [5, 5.41) is 12.6. The minimum atomic E-state index is -0.278. The van der Waals surface area contributed by atoms with Crippen molar-refractivity contribution in [2.45, 2.75) is 6.92 Å². The van der Waals surface area contributed by atoms with Gasteiger partial charge in [0, 0.05) is 22.3 Å². The number of halogens is 1. The van der Waals surface area contributed by atoms with Crippen molar-refractivity contribution >= 4 is 34.2 Å². The number of carbonyl (C=O) groups is 1. The number of carbonyl (C=O) groups excluding carboxylic acids is 1. The fraction of sp³-hybridized carbons (Fsp3) is 0.136. The van der Waals surface area contributed by atoms with Gasteiger partial charge in [-0.2, -0.15) is 4.80 Å². The van der Waals surface area contributed by atoms with Gasteiger partial charge in [-0.1, -0.05) is 11.6 Å². The van der Waals surface area contributed by atoms with E-state index in [0.717, 1.165) is 16.8 Å². The second-order valence-electron chi connectivity index (χ2n) is 6.68. The molecule has 4 rings (SSSR count). The van der Waals surface area contributed by atoms with Gasteiger partial charge in [0.1, 0.15) is 22.5 Å². The number of aryl methyl sites for hydroxylation is 1. The Hall–Kier alpha value is -3.58. The van der Waals surface area contributed by atoms with E-state index >= 15 is 0 Å². The lowest BCUT2D eigenvalue weighted by Gasteiger charge is -2.11. The van der Waals surface area contributed by atoms with Gasteiger partial charge < -0.3 is 14.8 Å². The molecule has 7 nitrogen and oxygen atoms in total. The SMILES string of the molecule is COc1cc(OC)cc(C(=O)Nc2cc3nn(-c4ccc(Cl)cc4)nc3cc2C)c1. The molecule has 0 saturated heterocycles. The molecule has 1 N–H and O–H groups in total. The average Bonchev–Trinajstić information content (AvgIpc) is 3.16. The molecular formula is C22H19ClN4O3. The lowest BCUT2D eigenvalue weighted by atomic mass is 10.1. The first kappa shape index (κ1) is 19.7. The second kappa shape index (κ2) is 8.04. The van der Waals surface area contributed by atoms with Crippen LogP contribution in [-0.4, -0.2) is 35.1 Å². The standard InChI is InChI=1S/C22H19ClN4O3/c1-13-8-20-21(26-27(25-20)16-6-4-15(23)5-7-16)12-19(13)24-22(28)14-9-17(29-2)11-18(10-14)30-3/h4-12H,1-3H3,(H,24,28). The van der Waals surface area contributed by atoms with Crippen molar-refractivity contribution in [3.8, 4) is 17.2 Å². The molecule has 1 aromatic heterocycles. The highest BCUT2D eigenvalue weighted by Crippen LogP contribution is 2.26. The fourth-order valence-electron chi connectivity index (χ4n) is 3.03. The molecule has 152 valence electrons. The zero-order valence-corrected chi connectivity index (χ0v) is 17.4. The summed E-state index contributed by atoms with van der Waals surface area (Å²) in [6, 6.07) is 16.0. The third kappa shape index (κ3) is 3.92. The van der Waals surface area contributed by atoms with E-state index in [4.69, 9.17) is 21.1 Å². The lowest BCUT2D eigenvalue weighted by Crippen LogP contribution is -2.13. The average molecular weight is 423 g/mol. The Morgan fingerprint density at radius 2 is 1.53 bits per heavy atom. The van der Waals surface area contributed by atoms with Crippen molar-refractivity contribution in [2.75, 3.05) is 19.5 Å². The van der Waals surface area contributed by atoms with Gasteiger partial charge in [0.15, 0.2) is 0 Å². The molecule has 0 bridgehead atoms. The van der Waals surface area contributed by atoms with Gasteiger partial charge in [-0.05, 0) is 61.0 Å². The summed E-state index contributed by atoms with van der Waals surface area (Å²) >= 11 is 5.95. The smallest absolute Gasteiger partial charge is 0.255 e. The van der Waals surface area contributed by atoms with E-state index in [1.54, 1.807) is 55.4 Å². The zero-order chi connectivity index (χ0) is 21.3. The molecule has 0 saturated carbocycles. The van der Waals surface area contributed by atoms with Crippen LogP contribution in [0, 0.1) is 6.92 Å². The number of hydrogen-bond donors (Lipinski definition) is 1. The summed E-state index contributed by atoms with van der Waals surface area (Å²) < 4.78 is 10.5. The van der Waals surface area contributed by atoms with Gasteiger partial charge in [-0.3, -0.25) is 4.79 Å². The Morgan fingerprint density at radius 1 is 0.933 bits per heavy atom. The number of rotatable bonds is 5. The second-order valence-corrected chi connectivity index (χ2v) is 7.11. The van der Waals surface area contributed by atoms with Crippen LogP contribution in [0.25, 0.3) is 16.7 Å². The highest BCUT2D eigenvalue weighted by molar-refractivity contribution is 6.30. The first-order valence-corrected chi connectivity index (χ1v) is 9.52. The third-order valence-electron chi connectivity index (χ3n) is 4.65. The summed E-state index contributed by atoms with van der Waals surface area (Å²) in [5.41, 5.74) is 4.13. The van der Waals surface area contributed by atoms with Gasteiger partial charge in [-0.25, -0.2) is 0 Å². The molecule has 0 unspecified atom stereocenters. The number of methoxy groups -OCH3 is 2. The topological polar surface area (TPSA) is 78.3 Å². The Bertz CT molecular complexity index is 1210. The van der Waals surface area contributed by atoms with Gasteiger partial charge in [-0.15, -0.1) is 10.2 Å². The van der Waals surface area contributed by atoms with Crippen molar-refractivity contribution in [1.82, 2.24) is 15.0 Å². The number of ether oxygens (including phenoxy) is 2. The Labute approximate surface area is 178 Å². The van der Waals surface area contributed by atoms with Crippen molar-refractivity contribution in [1.29, 1.82) is 0 Å². The molecule has 0 aliphatic heterocycles. The van der Waals surface area contributed by atoms with Crippen LogP contribution in [-0.2, 0) is 0 Å². The van der Waals surface area contributed by atoms with E-state index in [1.807, 2.05) is 25.1 Å². The minimum Gasteiger partial charge on any atom is -0.497 e. The zero-order valence-electron chi connectivity index (χ0n) is 16.6. The van der Waals surface area contributed by atoms with Gasteiger partial charge in [0.2, 0.25) is 0 Å². The molecule has 0 radical (unpaired) electrons. The van der Waals surface area contributed by atoms with Gasteiger partial charge in [0.05, 0.1) is 19.9 Å². The van der Waals surface area contributed by atoms with E-state index in [2.05, 4.69) is 15.5 Å². The molecule has 0 aliphatic rings. The lowest BCUT2D eigenvalue weighted by molar-refractivity contribution is 0.102. The number of benzene rings is 3. The normalized spacial score (nSPS) is 10.8. The summed E-state index contributed by atoms with van der Waals surface area (Å²) in [7, 11) is 3.08. The van der Waals surface area contributed by atoms with Crippen molar-refractivity contribution in [3.63, 3.8) is 0 Å². The predicted octanol–water partition coefficient (Wildman–Crippen LogP) is 4.65. The Morgan fingerprint density at radius 3 is 2.13 bits per heavy atom. The number of nitrogens with zero attached hydrogens (tertiary/aromatic N) is 3. The van der Waals surface area contributed by atoms with Crippen LogP contribution in [0.4, 0.5) is 5.69 Å². The third-order valence-corrected chi connectivity index (χ3v) is 4.90.